The van der Waals surface area contributed by atoms with Crippen LogP contribution in [0.2, 0.25) is 5.02 Å². The minimum atomic E-state index is -0.812. The van der Waals surface area contributed by atoms with Crippen molar-refractivity contribution in [2.75, 3.05) is 19.7 Å². The summed E-state index contributed by atoms with van der Waals surface area (Å²) in [5, 5.41) is 14.5. The molecule has 1 aromatic rings. The number of nitrogens with one attached hydrogen (secondary N) is 2. The SMILES string of the molecule is CC.CC(=O)N(CCC1CCC(C)N1C=O)CC(C)NC(=O)OC(C)(C)C.NC(=O)CCC(COc1cccc(CCCCC(=O)O)c1Cl)NC=O. The molecule has 15 heteroatoms. The quantitative estimate of drug-likeness (QED) is 0.104. The van der Waals surface area contributed by atoms with Gasteiger partial charge in [0.2, 0.25) is 24.6 Å². The number of carbonyl (C=O) groups is 6. The van der Waals surface area contributed by atoms with Gasteiger partial charge in [-0.05, 0) is 91.2 Å². The van der Waals surface area contributed by atoms with E-state index in [1.165, 1.54) is 6.92 Å². The number of ether oxygens (including phenoxy) is 2. The number of alkyl carbamates (subject to hydrolysis) is 1. The lowest BCUT2D eigenvalue weighted by atomic mass is 10.1. The first-order valence-electron chi connectivity index (χ1n) is 18.0. The van der Waals surface area contributed by atoms with Crippen LogP contribution >= 0.6 is 11.6 Å². The number of aliphatic carboxylic acids is 1. The van der Waals surface area contributed by atoms with Crippen molar-refractivity contribution < 1.29 is 43.3 Å². The molecule has 2 rings (SSSR count). The second kappa shape index (κ2) is 25.8. The molecule has 14 nitrogen and oxygen atoms in total. The summed E-state index contributed by atoms with van der Waals surface area (Å²) in [5.41, 5.74) is 5.43. The molecule has 1 saturated heterocycles. The maximum Gasteiger partial charge on any atom is 0.407 e. The van der Waals surface area contributed by atoms with Gasteiger partial charge in [0.15, 0.2) is 0 Å². The Hall–Kier alpha value is -4.07. The normalized spacial score (nSPS) is 16.1. The van der Waals surface area contributed by atoms with Crippen LogP contribution in [0.25, 0.3) is 0 Å². The maximum absolute atomic E-state index is 11.9. The molecule has 0 bridgehead atoms. The third kappa shape index (κ3) is 20.7. The van der Waals surface area contributed by atoms with Crippen LogP contribution in [0.5, 0.6) is 5.75 Å². The number of nitrogens with two attached hydrogens (primary N) is 1. The molecular weight excluding hydrogens is 694 g/mol. The van der Waals surface area contributed by atoms with Crippen molar-refractivity contribution in [1.82, 2.24) is 20.4 Å². The molecule has 4 unspecified atom stereocenters. The average Bonchev–Trinajstić information content (AvgIpc) is 3.42. The highest BCUT2D eigenvalue weighted by molar-refractivity contribution is 6.32. The van der Waals surface area contributed by atoms with Crippen LogP contribution < -0.4 is 21.1 Å². The third-order valence-electron chi connectivity index (χ3n) is 8.02. The number of benzene rings is 1. The van der Waals surface area contributed by atoms with Crippen molar-refractivity contribution in [3.8, 4) is 5.75 Å². The number of rotatable bonds is 20. The molecule has 0 aliphatic carbocycles. The summed E-state index contributed by atoms with van der Waals surface area (Å²) in [5.74, 6) is -0.817. The molecule has 0 radical (unpaired) electrons. The van der Waals surface area contributed by atoms with Gasteiger partial charge in [0.1, 0.15) is 18.0 Å². The predicted molar refractivity (Wildman–Crippen MR) is 201 cm³/mol. The summed E-state index contributed by atoms with van der Waals surface area (Å²) in [4.78, 5) is 70.5. The summed E-state index contributed by atoms with van der Waals surface area (Å²) in [6.07, 6.45) is 6.29. The van der Waals surface area contributed by atoms with E-state index in [0.717, 1.165) is 31.2 Å². The summed E-state index contributed by atoms with van der Waals surface area (Å²) < 4.78 is 10.9. The van der Waals surface area contributed by atoms with Crippen molar-refractivity contribution in [3.63, 3.8) is 0 Å². The summed E-state index contributed by atoms with van der Waals surface area (Å²) >= 11 is 6.33. The first kappa shape index (κ1) is 47.9. The van der Waals surface area contributed by atoms with Gasteiger partial charge in [-0.25, -0.2) is 4.79 Å². The number of unbranched alkanes of at least 4 members (excludes halogenated alkanes) is 1. The number of nitrogens with zero attached hydrogens (tertiary/aromatic N) is 2. The van der Waals surface area contributed by atoms with E-state index >= 15 is 0 Å². The number of primary amides is 1. The zero-order valence-electron chi connectivity index (χ0n) is 32.2. The standard InChI is InChI=1S/C18H33N3O4.C17H23ClN2O5.C2H6/c1-13(19-17(24)25-18(4,5)6)11-20(15(3)23)10-9-16-8-7-14(2)21(16)12-22;18-17-12(4-1-2-7-16(23)24)5-3-6-14(17)25-10-13(20-11-21)8-9-15(19)22;1-2/h12-14,16H,7-11H2,1-6H3,(H,19,24);3,5-6,11,13H,1-2,4,7-10H2,(H2,19,22)(H,20,21)(H,23,24);1-2H3. The molecule has 1 aliphatic rings. The van der Waals surface area contributed by atoms with Crippen molar-refractivity contribution in [2.45, 2.75) is 143 Å². The van der Waals surface area contributed by atoms with Crippen LogP contribution in [0.3, 0.4) is 0 Å². The fourth-order valence-corrected chi connectivity index (χ4v) is 5.69. The first-order valence-corrected chi connectivity index (χ1v) is 18.4. The molecule has 0 aromatic heterocycles. The van der Waals surface area contributed by atoms with Crippen molar-refractivity contribution in [1.29, 1.82) is 0 Å². The van der Waals surface area contributed by atoms with Gasteiger partial charge in [0.25, 0.3) is 0 Å². The summed E-state index contributed by atoms with van der Waals surface area (Å²) in [7, 11) is 0. The van der Waals surface area contributed by atoms with Gasteiger partial charge in [-0.1, -0.05) is 37.6 Å². The van der Waals surface area contributed by atoms with E-state index in [-0.39, 0.29) is 49.5 Å². The Bertz CT molecular complexity index is 1260. The first-order chi connectivity index (χ1) is 24.5. The Morgan fingerprint density at radius 1 is 1.13 bits per heavy atom. The molecule has 5 N–H and O–H groups in total. The lowest BCUT2D eigenvalue weighted by Gasteiger charge is -2.29. The molecule has 1 aromatic carbocycles. The Balaban J connectivity index is 0.000000955. The topological polar surface area (TPSA) is 198 Å². The van der Waals surface area contributed by atoms with E-state index in [1.54, 1.807) is 37.8 Å². The van der Waals surface area contributed by atoms with Gasteiger partial charge in [0.05, 0.1) is 11.1 Å². The van der Waals surface area contributed by atoms with Crippen molar-refractivity contribution in [2.24, 2.45) is 5.73 Å². The van der Waals surface area contributed by atoms with Crippen molar-refractivity contribution >= 4 is 48.3 Å². The van der Waals surface area contributed by atoms with E-state index in [2.05, 4.69) is 10.6 Å². The van der Waals surface area contributed by atoms with E-state index in [4.69, 9.17) is 31.9 Å². The van der Waals surface area contributed by atoms with Crippen LogP contribution in [0.15, 0.2) is 18.2 Å². The Kier molecular flexibility index (Phi) is 23.8. The number of halogens is 1. The Labute approximate surface area is 314 Å². The lowest BCUT2D eigenvalue weighted by Crippen LogP contribution is -2.46. The molecule has 0 saturated carbocycles. The average molecular weight is 756 g/mol. The highest BCUT2D eigenvalue weighted by Gasteiger charge is 2.30. The largest absolute Gasteiger partial charge is 0.490 e. The van der Waals surface area contributed by atoms with E-state index in [1.807, 2.05) is 38.7 Å². The number of aryl methyl sites for hydroxylation is 1. The minimum absolute atomic E-state index is 0.0402. The highest BCUT2D eigenvalue weighted by Crippen LogP contribution is 2.29. The van der Waals surface area contributed by atoms with Crippen LogP contribution in [-0.2, 0) is 35.1 Å². The molecule has 296 valence electrons. The van der Waals surface area contributed by atoms with Gasteiger partial charge < -0.3 is 40.7 Å². The molecule has 1 fully saturated rings. The lowest BCUT2D eigenvalue weighted by molar-refractivity contribution is -0.137. The third-order valence-corrected chi connectivity index (χ3v) is 8.45. The molecule has 0 spiro atoms. The molecule has 1 aliphatic heterocycles. The monoisotopic (exact) mass is 755 g/mol. The molecule has 4 atom stereocenters. The number of carboxylic acids is 1. The molecule has 52 heavy (non-hydrogen) atoms. The zero-order valence-corrected chi connectivity index (χ0v) is 33.0. The van der Waals surface area contributed by atoms with Gasteiger partial charge in [0, 0.05) is 51.0 Å². The van der Waals surface area contributed by atoms with Gasteiger partial charge >= 0.3 is 12.1 Å². The van der Waals surface area contributed by atoms with Gasteiger partial charge in [-0.3, -0.25) is 24.0 Å². The summed E-state index contributed by atoms with van der Waals surface area (Å²) in [6.45, 7) is 16.0. The van der Waals surface area contributed by atoms with Crippen molar-refractivity contribution in [3.05, 3.63) is 28.8 Å². The number of hydrogen-bond acceptors (Lipinski definition) is 8. The number of likely N-dealkylation sites (tertiary alicyclic amines) is 1. The van der Waals surface area contributed by atoms with Crippen LogP contribution in [0, 0.1) is 0 Å². The number of carboxylic acid groups (broad SMARTS) is 1. The van der Waals surface area contributed by atoms with E-state index < -0.39 is 23.6 Å². The predicted octanol–water partition coefficient (Wildman–Crippen LogP) is 5.07. The summed E-state index contributed by atoms with van der Waals surface area (Å²) in [6, 6.07) is 5.27. The second-order valence-electron chi connectivity index (χ2n) is 13.6. The molecule has 5 amide bonds. The van der Waals surface area contributed by atoms with Gasteiger partial charge in [-0.2, -0.15) is 0 Å². The Morgan fingerprint density at radius 3 is 2.37 bits per heavy atom. The van der Waals surface area contributed by atoms with Gasteiger partial charge in [-0.15, -0.1) is 0 Å². The number of carbonyl (C=O) groups excluding carboxylic acids is 5. The van der Waals surface area contributed by atoms with Crippen LogP contribution in [0.1, 0.15) is 112 Å². The second-order valence-corrected chi connectivity index (χ2v) is 13.9. The fourth-order valence-electron chi connectivity index (χ4n) is 5.41. The molecular formula is C37H62ClN5O9. The molecule has 1 heterocycles. The van der Waals surface area contributed by atoms with E-state index in [0.29, 0.717) is 56.0 Å². The smallest absolute Gasteiger partial charge is 0.407 e. The maximum atomic E-state index is 11.9. The fraction of sp³-hybridized carbons (Fsp3) is 0.676. The zero-order chi connectivity index (χ0) is 39.9. The van der Waals surface area contributed by atoms with Crippen LogP contribution in [-0.4, -0.2) is 101 Å². The number of amides is 5. The van der Waals surface area contributed by atoms with E-state index in [9.17, 15) is 28.8 Å². The number of hydrogen-bond donors (Lipinski definition) is 4. The minimum Gasteiger partial charge on any atom is -0.490 e. The van der Waals surface area contributed by atoms with Crippen LogP contribution in [0.4, 0.5) is 4.79 Å². The highest BCUT2D eigenvalue weighted by atomic mass is 35.5. The Morgan fingerprint density at radius 2 is 1.81 bits per heavy atom.